The Morgan fingerprint density at radius 3 is 2.60 bits per heavy atom. The highest BCUT2D eigenvalue weighted by Gasteiger charge is 2.14. The van der Waals surface area contributed by atoms with Crippen LogP contribution in [0, 0.1) is 0 Å². The Balaban J connectivity index is 2.31. The van der Waals surface area contributed by atoms with E-state index in [2.05, 4.69) is 58.5 Å². The van der Waals surface area contributed by atoms with Crippen LogP contribution in [-0.2, 0) is 12.8 Å². The van der Waals surface area contributed by atoms with Crippen molar-refractivity contribution in [1.82, 2.24) is 5.32 Å². The normalized spacial score (nSPS) is 12.3. The van der Waals surface area contributed by atoms with E-state index < -0.39 is 0 Å². The van der Waals surface area contributed by atoms with E-state index in [4.69, 9.17) is 5.73 Å². The van der Waals surface area contributed by atoms with E-state index in [-0.39, 0.29) is 6.04 Å². The molecule has 2 aromatic carbocycles. The number of likely N-dealkylation sites (N-methyl/N-ethyl adjacent to an activating group) is 1. The lowest BCUT2D eigenvalue weighted by atomic mass is 9.93. The molecule has 0 aliphatic heterocycles. The van der Waals surface area contributed by atoms with Gasteiger partial charge in [0.15, 0.2) is 0 Å². The monoisotopic (exact) mass is 332 g/mol. The number of nitrogens with one attached hydrogen (secondary N) is 1. The van der Waals surface area contributed by atoms with Gasteiger partial charge in [0.1, 0.15) is 0 Å². The number of aryl methyl sites for hydroxylation is 1. The van der Waals surface area contributed by atoms with Gasteiger partial charge in [-0.1, -0.05) is 47.1 Å². The molecule has 3 N–H and O–H groups in total. The average Bonchev–Trinajstić information content (AvgIpc) is 2.48. The van der Waals surface area contributed by atoms with Gasteiger partial charge in [-0.2, -0.15) is 0 Å². The minimum atomic E-state index is 0.280. The van der Waals surface area contributed by atoms with Crippen molar-refractivity contribution in [3.05, 3.63) is 63.6 Å². The van der Waals surface area contributed by atoms with Gasteiger partial charge in [-0.15, -0.1) is 0 Å². The van der Waals surface area contributed by atoms with Gasteiger partial charge in [-0.3, -0.25) is 0 Å². The summed E-state index contributed by atoms with van der Waals surface area (Å²) in [6, 6.07) is 14.9. The summed E-state index contributed by atoms with van der Waals surface area (Å²) in [5, 5.41) is 3.42. The van der Waals surface area contributed by atoms with Gasteiger partial charge in [0, 0.05) is 16.2 Å². The van der Waals surface area contributed by atoms with E-state index in [1.807, 2.05) is 19.2 Å². The van der Waals surface area contributed by atoms with Crippen molar-refractivity contribution in [3.63, 3.8) is 0 Å². The maximum atomic E-state index is 6.09. The molecule has 2 aromatic rings. The predicted octanol–water partition coefficient (Wildman–Crippen LogP) is 4.10. The first-order valence-corrected chi connectivity index (χ1v) is 7.74. The summed E-state index contributed by atoms with van der Waals surface area (Å²) in [4.78, 5) is 0. The third-order valence-corrected chi connectivity index (χ3v) is 4.18. The first kappa shape index (κ1) is 15.1. The molecule has 0 aromatic heterocycles. The van der Waals surface area contributed by atoms with Crippen molar-refractivity contribution in [2.75, 3.05) is 12.8 Å². The highest BCUT2D eigenvalue weighted by Crippen LogP contribution is 2.26. The summed E-state index contributed by atoms with van der Waals surface area (Å²) < 4.78 is 1.07. The lowest BCUT2D eigenvalue weighted by molar-refractivity contribution is 0.587. The molecule has 0 saturated heterocycles. The Bertz CT molecular complexity index is 581. The molecule has 0 heterocycles. The number of hydrogen-bond acceptors (Lipinski definition) is 2. The first-order chi connectivity index (χ1) is 9.65. The van der Waals surface area contributed by atoms with Crippen molar-refractivity contribution in [2.45, 2.75) is 25.8 Å². The molecular formula is C17H21BrN2. The molecule has 0 amide bonds. The van der Waals surface area contributed by atoms with Gasteiger partial charge in [0.25, 0.3) is 0 Å². The number of anilines is 1. The molecule has 0 aliphatic carbocycles. The topological polar surface area (TPSA) is 38.0 Å². The molecule has 3 heteroatoms. The molecule has 0 aliphatic rings. The van der Waals surface area contributed by atoms with Crippen LogP contribution in [0.15, 0.2) is 46.9 Å². The molecular weight excluding hydrogens is 312 g/mol. The minimum Gasteiger partial charge on any atom is -0.399 e. The number of nitrogen functional groups attached to an aromatic ring is 1. The molecule has 1 atom stereocenters. The van der Waals surface area contributed by atoms with Crippen LogP contribution in [0.1, 0.15) is 29.7 Å². The Morgan fingerprint density at radius 1 is 1.15 bits per heavy atom. The summed E-state index contributed by atoms with van der Waals surface area (Å²) in [5.41, 5.74) is 10.9. The van der Waals surface area contributed by atoms with Crippen LogP contribution >= 0.6 is 15.9 Å². The van der Waals surface area contributed by atoms with Crippen LogP contribution in [0.25, 0.3) is 0 Å². The fraction of sp³-hybridized carbons (Fsp3) is 0.294. The lowest BCUT2D eigenvalue weighted by Gasteiger charge is -2.21. The third kappa shape index (κ3) is 3.41. The molecule has 2 nitrogen and oxygen atoms in total. The fourth-order valence-corrected chi connectivity index (χ4v) is 2.94. The zero-order chi connectivity index (χ0) is 14.5. The van der Waals surface area contributed by atoms with Crippen molar-refractivity contribution >= 4 is 21.6 Å². The highest BCUT2D eigenvalue weighted by atomic mass is 79.9. The summed E-state index contributed by atoms with van der Waals surface area (Å²) in [5.74, 6) is 0. The smallest absolute Gasteiger partial charge is 0.0361 e. The van der Waals surface area contributed by atoms with Crippen molar-refractivity contribution < 1.29 is 0 Å². The number of nitrogens with two attached hydrogens (primary N) is 1. The van der Waals surface area contributed by atoms with E-state index in [0.717, 1.165) is 23.0 Å². The third-order valence-electron chi connectivity index (χ3n) is 3.69. The first-order valence-electron chi connectivity index (χ1n) is 6.94. The second kappa shape index (κ2) is 6.91. The predicted molar refractivity (Wildman–Crippen MR) is 89.9 cm³/mol. The standard InChI is InChI=1S/C17H21BrN2/c1-3-12-6-4-5-7-15(12)17(20-2)11-13-10-14(18)8-9-16(13)19/h4-10,17,20H,3,11,19H2,1-2H3. The molecule has 2 rings (SSSR count). The van der Waals surface area contributed by atoms with Gasteiger partial charge in [0.2, 0.25) is 0 Å². The second-order valence-corrected chi connectivity index (χ2v) is 5.86. The zero-order valence-electron chi connectivity index (χ0n) is 12.0. The van der Waals surface area contributed by atoms with Gasteiger partial charge < -0.3 is 11.1 Å². The Labute approximate surface area is 129 Å². The Hall–Kier alpha value is -1.32. The highest BCUT2D eigenvalue weighted by molar-refractivity contribution is 9.10. The van der Waals surface area contributed by atoms with E-state index >= 15 is 0 Å². The van der Waals surface area contributed by atoms with Crippen LogP contribution in [0.3, 0.4) is 0 Å². The maximum absolute atomic E-state index is 6.09. The molecule has 0 saturated carbocycles. The van der Waals surface area contributed by atoms with Gasteiger partial charge in [-0.25, -0.2) is 0 Å². The Morgan fingerprint density at radius 2 is 1.90 bits per heavy atom. The van der Waals surface area contributed by atoms with Crippen LogP contribution in [-0.4, -0.2) is 7.05 Å². The van der Waals surface area contributed by atoms with Crippen molar-refractivity contribution in [3.8, 4) is 0 Å². The summed E-state index contributed by atoms with van der Waals surface area (Å²) in [6.07, 6.45) is 1.93. The largest absolute Gasteiger partial charge is 0.399 e. The van der Waals surface area contributed by atoms with Gasteiger partial charge in [0.05, 0.1) is 0 Å². The SMILES string of the molecule is CCc1ccccc1C(Cc1cc(Br)ccc1N)NC. The fourth-order valence-electron chi connectivity index (χ4n) is 2.53. The van der Waals surface area contributed by atoms with Crippen LogP contribution in [0.5, 0.6) is 0 Å². The average molecular weight is 333 g/mol. The summed E-state index contributed by atoms with van der Waals surface area (Å²) >= 11 is 3.52. The van der Waals surface area contributed by atoms with Crippen molar-refractivity contribution in [2.24, 2.45) is 0 Å². The van der Waals surface area contributed by atoms with Crippen molar-refractivity contribution in [1.29, 1.82) is 0 Å². The summed E-state index contributed by atoms with van der Waals surface area (Å²) in [6.45, 7) is 2.19. The molecule has 0 fully saturated rings. The molecule has 0 spiro atoms. The molecule has 0 bridgehead atoms. The lowest BCUT2D eigenvalue weighted by Crippen LogP contribution is -2.20. The van der Waals surface area contributed by atoms with Crippen LogP contribution in [0.2, 0.25) is 0 Å². The number of benzene rings is 2. The number of rotatable bonds is 5. The van der Waals surface area contributed by atoms with E-state index in [1.165, 1.54) is 16.7 Å². The van der Waals surface area contributed by atoms with E-state index in [1.54, 1.807) is 0 Å². The van der Waals surface area contributed by atoms with Gasteiger partial charge >= 0.3 is 0 Å². The van der Waals surface area contributed by atoms with E-state index in [9.17, 15) is 0 Å². The number of hydrogen-bond donors (Lipinski definition) is 2. The molecule has 20 heavy (non-hydrogen) atoms. The van der Waals surface area contributed by atoms with Crippen LogP contribution < -0.4 is 11.1 Å². The van der Waals surface area contributed by atoms with E-state index in [0.29, 0.717) is 0 Å². The van der Waals surface area contributed by atoms with Crippen LogP contribution in [0.4, 0.5) is 5.69 Å². The number of halogens is 1. The van der Waals surface area contributed by atoms with Gasteiger partial charge in [-0.05, 0) is 54.8 Å². The summed E-state index contributed by atoms with van der Waals surface area (Å²) in [7, 11) is 2.01. The molecule has 106 valence electrons. The molecule has 0 radical (unpaired) electrons. The zero-order valence-corrected chi connectivity index (χ0v) is 13.6. The Kier molecular flexibility index (Phi) is 5.21. The minimum absolute atomic E-state index is 0.280. The quantitative estimate of drug-likeness (QED) is 0.809. The molecule has 1 unspecified atom stereocenters. The second-order valence-electron chi connectivity index (χ2n) is 4.94. The maximum Gasteiger partial charge on any atom is 0.0361 e.